The standard InChI is InChI=1S/C9H18O6S/c1-3-12-4-5-13-6-7-14-8-9-15-16(2,10)11/h3H,1,4-9H2,2H3. The van der Waals surface area contributed by atoms with Crippen molar-refractivity contribution in [1.29, 1.82) is 0 Å². The van der Waals surface area contributed by atoms with Crippen molar-refractivity contribution in [1.82, 2.24) is 0 Å². The Hall–Kier alpha value is -0.630. The SMILES string of the molecule is C=COCCOCCOCCOS(C)(=O)=O. The lowest BCUT2D eigenvalue weighted by atomic mass is 10.7. The van der Waals surface area contributed by atoms with Gasteiger partial charge in [0.15, 0.2) is 0 Å². The van der Waals surface area contributed by atoms with Gasteiger partial charge in [-0.25, -0.2) is 0 Å². The van der Waals surface area contributed by atoms with Gasteiger partial charge in [0, 0.05) is 0 Å². The molecular weight excluding hydrogens is 236 g/mol. The minimum Gasteiger partial charge on any atom is -0.499 e. The zero-order valence-corrected chi connectivity index (χ0v) is 10.2. The first-order chi connectivity index (χ1) is 7.56. The minimum atomic E-state index is -3.37. The fraction of sp³-hybridized carbons (Fsp3) is 0.778. The predicted octanol–water partition coefficient (Wildman–Crippen LogP) is 0.156. The van der Waals surface area contributed by atoms with Crippen molar-refractivity contribution in [2.75, 3.05) is 45.9 Å². The Balaban J connectivity index is 3.07. The van der Waals surface area contributed by atoms with Crippen molar-refractivity contribution in [2.24, 2.45) is 0 Å². The molecule has 0 aliphatic carbocycles. The van der Waals surface area contributed by atoms with Gasteiger partial charge in [0.2, 0.25) is 0 Å². The molecule has 0 saturated carbocycles. The first-order valence-corrected chi connectivity index (χ1v) is 6.60. The predicted molar refractivity (Wildman–Crippen MR) is 58.6 cm³/mol. The molecule has 0 spiro atoms. The van der Waals surface area contributed by atoms with Crippen LogP contribution in [0.15, 0.2) is 12.8 Å². The molecule has 0 aliphatic rings. The van der Waals surface area contributed by atoms with Crippen molar-refractivity contribution in [3.8, 4) is 0 Å². The molecule has 0 atom stereocenters. The molecule has 0 aliphatic heterocycles. The zero-order chi connectivity index (χ0) is 12.3. The molecule has 0 amide bonds. The molecule has 96 valence electrons. The first kappa shape index (κ1) is 15.4. The van der Waals surface area contributed by atoms with Crippen LogP contribution < -0.4 is 0 Å². The summed E-state index contributed by atoms with van der Waals surface area (Å²) >= 11 is 0. The van der Waals surface area contributed by atoms with E-state index in [-0.39, 0.29) is 13.2 Å². The van der Waals surface area contributed by atoms with Crippen molar-refractivity contribution in [2.45, 2.75) is 0 Å². The van der Waals surface area contributed by atoms with Crippen LogP contribution in [-0.4, -0.2) is 54.3 Å². The molecule has 16 heavy (non-hydrogen) atoms. The Morgan fingerprint density at radius 2 is 1.50 bits per heavy atom. The van der Waals surface area contributed by atoms with E-state index in [4.69, 9.17) is 14.2 Å². The van der Waals surface area contributed by atoms with Crippen LogP contribution in [-0.2, 0) is 28.5 Å². The van der Waals surface area contributed by atoms with E-state index >= 15 is 0 Å². The van der Waals surface area contributed by atoms with Gasteiger partial charge >= 0.3 is 0 Å². The number of rotatable bonds is 11. The quantitative estimate of drug-likeness (QED) is 0.297. The molecule has 0 saturated heterocycles. The highest BCUT2D eigenvalue weighted by molar-refractivity contribution is 7.85. The molecule has 0 unspecified atom stereocenters. The maximum absolute atomic E-state index is 10.5. The largest absolute Gasteiger partial charge is 0.499 e. The van der Waals surface area contributed by atoms with Gasteiger partial charge < -0.3 is 14.2 Å². The fourth-order valence-corrected chi connectivity index (χ4v) is 1.13. The second-order valence-corrected chi connectivity index (χ2v) is 4.43. The van der Waals surface area contributed by atoms with Crippen LogP contribution in [0.3, 0.4) is 0 Å². The lowest BCUT2D eigenvalue weighted by Gasteiger charge is -2.05. The summed E-state index contributed by atoms with van der Waals surface area (Å²) in [4.78, 5) is 0. The van der Waals surface area contributed by atoms with E-state index in [0.29, 0.717) is 26.4 Å². The van der Waals surface area contributed by atoms with Gasteiger partial charge in [0.05, 0.1) is 45.6 Å². The first-order valence-electron chi connectivity index (χ1n) is 4.78. The second-order valence-electron chi connectivity index (χ2n) is 2.79. The Labute approximate surface area is 96.3 Å². The molecular formula is C9H18O6S. The van der Waals surface area contributed by atoms with Crippen molar-refractivity contribution in [3.05, 3.63) is 12.8 Å². The summed E-state index contributed by atoms with van der Waals surface area (Å²) in [6, 6.07) is 0. The molecule has 0 radical (unpaired) electrons. The lowest BCUT2D eigenvalue weighted by molar-refractivity contribution is 0.0233. The molecule has 0 aromatic rings. The summed E-state index contributed by atoms with van der Waals surface area (Å²) in [5.41, 5.74) is 0. The number of hydrogen-bond donors (Lipinski definition) is 0. The maximum atomic E-state index is 10.5. The van der Waals surface area contributed by atoms with Crippen LogP contribution in [0.1, 0.15) is 0 Å². The average molecular weight is 254 g/mol. The maximum Gasteiger partial charge on any atom is 0.264 e. The highest BCUT2D eigenvalue weighted by atomic mass is 32.2. The lowest BCUT2D eigenvalue weighted by Crippen LogP contribution is -2.13. The van der Waals surface area contributed by atoms with Crippen molar-refractivity contribution < 1.29 is 26.8 Å². The molecule has 0 N–H and O–H groups in total. The second kappa shape index (κ2) is 9.59. The van der Waals surface area contributed by atoms with Gasteiger partial charge in [-0.1, -0.05) is 6.58 Å². The van der Waals surface area contributed by atoms with E-state index in [9.17, 15) is 8.42 Å². The molecule has 0 bridgehead atoms. The Morgan fingerprint density at radius 1 is 1.00 bits per heavy atom. The van der Waals surface area contributed by atoms with Gasteiger partial charge in [-0.05, 0) is 0 Å². The molecule has 0 aromatic heterocycles. The normalized spacial score (nSPS) is 11.3. The van der Waals surface area contributed by atoms with Gasteiger partial charge in [0.25, 0.3) is 10.1 Å². The third kappa shape index (κ3) is 13.4. The van der Waals surface area contributed by atoms with E-state index < -0.39 is 10.1 Å². The van der Waals surface area contributed by atoms with E-state index in [1.165, 1.54) is 6.26 Å². The van der Waals surface area contributed by atoms with Crippen molar-refractivity contribution >= 4 is 10.1 Å². The summed E-state index contributed by atoms with van der Waals surface area (Å²) < 4.78 is 40.6. The molecule has 0 fully saturated rings. The summed E-state index contributed by atoms with van der Waals surface area (Å²) in [6.45, 7) is 5.38. The van der Waals surface area contributed by atoms with Gasteiger partial charge in [-0.3, -0.25) is 4.18 Å². The Kier molecular flexibility index (Phi) is 9.21. The summed E-state index contributed by atoms with van der Waals surface area (Å²) in [7, 11) is -3.37. The number of hydrogen-bond acceptors (Lipinski definition) is 6. The zero-order valence-electron chi connectivity index (χ0n) is 9.38. The van der Waals surface area contributed by atoms with Crippen LogP contribution in [0, 0.1) is 0 Å². The van der Waals surface area contributed by atoms with Crippen LogP contribution in [0.4, 0.5) is 0 Å². The van der Waals surface area contributed by atoms with E-state index in [1.54, 1.807) is 0 Å². The van der Waals surface area contributed by atoms with E-state index in [2.05, 4.69) is 10.8 Å². The van der Waals surface area contributed by atoms with Gasteiger partial charge in [-0.15, -0.1) is 0 Å². The Bertz CT molecular complexity index is 261. The summed E-state index contributed by atoms with van der Waals surface area (Å²) in [6.07, 6.45) is 2.35. The van der Waals surface area contributed by atoms with Crippen molar-refractivity contribution in [3.63, 3.8) is 0 Å². The number of ether oxygens (including phenoxy) is 3. The van der Waals surface area contributed by atoms with Crippen LogP contribution in [0.2, 0.25) is 0 Å². The Morgan fingerprint density at radius 3 is 2.00 bits per heavy atom. The highest BCUT2D eigenvalue weighted by Gasteiger charge is 2.00. The van der Waals surface area contributed by atoms with E-state index in [1.807, 2.05) is 0 Å². The smallest absolute Gasteiger partial charge is 0.264 e. The third-order valence-electron chi connectivity index (χ3n) is 1.36. The monoisotopic (exact) mass is 254 g/mol. The third-order valence-corrected chi connectivity index (χ3v) is 1.96. The molecule has 7 heteroatoms. The van der Waals surface area contributed by atoms with Crippen LogP contribution in [0.25, 0.3) is 0 Å². The fourth-order valence-electron chi connectivity index (χ4n) is 0.757. The average Bonchev–Trinajstić information content (AvgIpc) is 2.19. The molecule has 0 rings (SSSR count). The summed E-state index contributed by atoms with van der Waals surface area (Å²) in [5.74, 6) is 0. The molecule has 0 heterocycles. The van der Waals surface area contributed by atoms with Crippen LogP contribution in [0.5, 0.6) is 0 Å². The van der Waals surface area contributed by atoms with E-state index in [0.717, 1.165) is 6.26 Å². The van der Waals surface area contributed by atoms with Gasteiger partial charge in [0.1, 0.15) is 6.61 Å². The highest BCUT2D eigenvalue weighted by Crippen LogP contribution is 1.87. The molecule has 0 aromatic carbocycles. The van der Waals surface area contributed by atoms with Crippen LogP contribution >= 0.6 is 0 Å². The van der Waals surface area contributed by atoms with Gasteiger partial charge in [-0.2, -0.15) is 8.42 Å². The molecule has 6 nitrogen and oxygen atoms in total. The summed E-state index contributed by atoms with van der Waals surface area (Å²) in [5, 5.41) is 0. The minimum absolute atomic E-state index is 0.0262. The topological polar surface area (TPSA) is 71.1 Å².